The molecular weight excluding hydrogens is 565 g/mol. The molecule has 4 heterocycles. The number of nitrogens with zero attached hydrogens (tertiary/aromatic N) is 4. The van der Waals surface area contributed by atoms with E-state index in [4.69, 9.17) is 4.74 Å². The van der Waals surface area contributed by atoms with Gasteiger partial charge in [-0.1, -0.05) is 18.2 Å². The molecule has 1 aromatic carbocycles. The number of hydrogen-bond acceptors (Lipinski definition) is 6. The van der Waals surface area contributed by atoms with Crippen LogP contribution in [0, 0.1) is 12.8 Å². The van der Waals surface area contributed by atoms with Gasteiger partial charge in [0.15, 0.2) is 11.5 Å². The summed E-state index contributed by atoms with van der Waals surface area (Å²) in [4.78, 5) is 19.2. The van der Waals surface area contributed by atoms with Gasteiger partial charge in [-0.3, -0.25) is 0 Å². The Bertz CT molecular complexity index is 1590. The summed E-state index contributed by atoms with van der Waals surface area (Å²) in [6, 6.07) is 13.0. The summed E-state index contributed by atoms with van der Waals surface area (Å²) in [7, 11) is 0. The molecule has 0 bridgehead atoms. The lowest BCUT2D eigenvalue weighted by molar-refractivity contribution is -0.143. The molecule has 1 saturated heterocycles. The number of pyridine rings is 1. The van der Waals surface area contributed by atoms with Crippen molar-refractivity contribution in [1.29, 1.82) is 0 Å². The highest BCUT2D eigenvalue weighted by molar-refractivity contribution is 7.13. The van der Waals surface area contributed by atoms with Crippen molar-refractivity contribution >= 4 is 17.3 Å². The predicted molar refractivity (Wildman–Crippen MR) is 153 cm³/mol. The van der Waals surface area contributed by atoms with Crippen LogP contribution in [-0.2, 0) is 12.8 Å². The van der Waals surface area contributed by atoms with Gasteiger partial charge in [-0.2, -0.15) is 18.3 Å². The number of thiophene rings is 1. The summed E-state index contributed by atoms with van der Waals surface area (Å²) in [5.74, 6) is 0.442. The van der Waals surface area contributed by atoms with Crippen LogP contribution in [0.4, 0.5) is 13.2 Å². The number of aromatic nitrogens is 3. The quantitative estimate of drug-likeness (QED) is 0.220. The van der Waals surface area contributed by atoms with Crippen molar-refractivity contribution in [3.63, 3.8) is 0 Å². The second-order valence-corrected chi connectivity index (χ2v) is 12.0. The van der Waals surface area contributed by atoms with Gasteiger partial charge in [0.2, 0.25) is 0 Å². The summed E-state index contributed by atoms with van der Waals surface area (Å²) in [5.41, 5.74) is 1.40. The van der Waals surface area contributed by atoms with E-state index in [2.05, 4.69) is 27.1 Å². The Morgan fingerprint density at radius 2 is 1.90 bits per heavy atom. The van der Waals surface area contributed by atoms with Crippen LogP contribution in [-0.4, -0.2) is 50.4 Å². The Labute approximate surface area is 245 Å². The van der Waals surface area contributed by atoms with Crippen molar-refractivity contribution in [1.82, 2.24) is 19.7 Å². The van der Waals surface area contributed by atoms with E-state index in [1.54, 1.807) is 12.1 Å². The van der Waals surface area contributed by atoms with Crippen LogP contribution in [0.15, 0.2) is 54.0 Å². The van der Waals surface area contributed by atoms with E-state index in [0.29, 0.717) is 22.5 Å². The second kappa shape index (κ2) is 11.5. The minimum Gasteiger partial charge on any atom is -0.489 e. The largest absolute Gasteiger partial charge is 0.489 e. The average molecular weight is 597 g/mol. The number of hydrogen-bond donors (Lipinski definition) is 1. The van der Waals surface area contributed by atoms with E-state index in [1.165, 1.54) is 55.2 Å². The molecule has 6 rings (SSSR count). The van der Waals surface area contributed by atoms with Crippen molar-refractivity contribution in [2.75, 3.05) is 19.6 Å². The van der Waals surface area contributed by atoms with Crippen molar-refractivity contribution in [3.05, 3.63) is 82.0 Å². The van der Waals surface area contributed by atoms with Crippen LogP contribution >= 0.6 is 11.3 Å². The zero-order chi connectivity index (χ0) is 29.4. The van der Waals surface area contributed by atoms with Crippen LogP contribution in [0.2, 0.25) is 0 Å². The fourth-order valence-corrected chi connectivity index (χ4v) is 6.53. The normalized spacial score (nSPS) is 16.6. The molecule has 0 radical (unpaired) electrons. The molecule has 2 fully saturated rings. The highest BCUT2D eigenvalue weighted by Crippen LogP contribution is 2.37. The van der Waals surface area contributed by atoms with Gasteiger partial charge in [0.1, 0.15) is 17.9 Å². The van der Waals surface area contributed by atoms with Crippen LogP contribution in [0.3, 0.4) is 0 Å². The van der Waals surface area contributed by atoms with E-state index >= 15 is 0 Å². The minimum absolute atomic E-state index is 0.127. The molecule has 2 aliphatic rings. The summed E-state index contributed by atoms with van der Waals surface area (Å²) in [6.45, 7) is 5.89. The van der Waals surface area contributed by atoms with Gasteiger partial charge in [-0.05, 0) is 98.3 Å². The highest BCUT2D eigenvalue weighted by atomic mass is 32.1. The van der Waals surface area contributed by atoms with Gasteiger partial charge in [0, 0.05) is 12.1 Å². The van der Waals surface area contributed by atoms with Crippen LogP contribution in [0.25, 0.3) is 16.4 Å². The number of likely N-dealkylation sites (tertiary alicyclic amines) is 1. The smallest absolute Gasteiger partial charge is 0.434 e. The number of ether oxygens (including phenoxy) is 1. The van der Waals surface area contributed by atoms with Gasteiger partial charge < -0.3 is 14.7 Å². The van der Waals surface area contributed by atoms with Gasteiger partial charge in [-0.15, -0.1) is 11.3 Å². The van der Waals surface area contributed by atoms with Gasteiger partial charge in [0.05, 0.1) is 16.8 Å². The molecular formula is C31H31F3N4O3S. The van der Waals surface area contributed by atoms with Crippen LogP contribution in [0.5, 0.6) is 5.75 Å². The third-order valence-corrected chi connectivity index (χ3v) is 9.03. The monoisotopic (exact) mass is 596 g/mol. The van der Waals surface area contributed by atoms with E-state index in [9.17, 15) is 23.1 Å². The molecule has 11 heteroatoms. The first-order valence-electron chi connectivity index (χ1n) is 14.1. The number of carboxylic acids is 1. The van der Waals surface area contributed by atoms with Crippen molar-refractivity contribution < 1.29 is 27.8 Å². The van der Waals surface area contributed by atoms with Gasteiger partial charge >= 0.3 is 12.1 Å². The Balaban J connectivity index is 1.15. The number of carbonyl (C=O) groups is 1. The first-order chi connectivity index (χ1) is 20.2. The molecule has 1 N–H and O–H groups in total. The molecule has 0 amide bonds. The summed E-state index contributed by atoms with van der Waals surface area (Å²) < 4.78 is 48.0. The first-order valence-corrected chi connectivity index (χ1v) is 14.9. The van der Waals surface area contributed by atoms with E-state index < -0.39 is 23.4 Å². The van der Waals surface area contributed by atoms with Crippen molar-refractivity contribution in [2.45, 2.75) is 51.3 Å². The van der Waals surface area contributed by atoms with Crippen molar-refractivity contribution in [2.24, 2.45) is 5.92 Å². The lowest BCUT2D eigenvalue weighted by Crippen LogP contribution is -2.34. The lowest BCUT2D eigenvalue weighted by Gasteiger charge is -2.32. The van der Waals surface area contributed by atoms with Gasteiger partial charge in [-0.25, -0.2) is 14.5 Å². The molecule has 3 aromatic heterocycles. The molecule has 1 aliphatic carbocycles. The molecule has 7 nitrogen and oxygen atoms in total. The standard InChI is InChI=1S/C31H31F3N4O3S/c1-19-15-22(21-9-12-37(13-10-21)17-20-5-6-20)7-8-26(19)41-18-23-11-14-42-28(23)25-3-2-4-27(36-25)38-29(31(32,33)34)24(16-35-38)30(39)40/h2-4,7-8,11,14-16,20-21H,5-6,9-10,12-13,17-18H2,1H3,(H,39,40). The van der Waals surface area contributed by atoms with Crippen LogP contribution in [0.1, 0.15) is 64.3 Å². The Morgan fingerprint density at radius 1 is 1.12 bits per heavy atom. The maximum atomic E-state index is 13.7. The Morgan fingerprint density at radius 3 is 2.60 bits per heavy atom. The van der Waals surface area contributed by atoms with E-state index in [0.717, 1.165) is 40.8 Å². The molecule has 0 spiro atoms. The van der Waals surface area contributed by atoms with E-state index in [-0.39, 0.29) is 12.4 Å². The number of carboxylic acid groups (broad SMARTS) is 1. The molecule has 42 heavy (non-hydrogen) atoms. The third-order valence-electron chi connectivity index (χ3n) is 8.05. The van der Waals surface area contributed by atoms with E-state index in [1.807, 2.05) is 24.4 Å². The Kier molecular flexibility index (Phi) is 7.80. The Hall–Kier alpha value is -3.70. The zero-order valence-electron chi connectivity index (χ0n) is 23.1. The number of aromatic carboxylic acids is 1. The van der Waals surface area contributed by atoms with Crippen LogP contribution < -0.4 is 4.74 Å². The molecule has 1 saturated carbocycles. The number of rotatable bonds is 9. The molecule has 4 aromatic rings. The predicted octanol–water partition coefficient (Wildman–Crippen LogP) is 7.19. The first kappa shape index (κ1) is 28.4. The molecule has 0 atom stereocenters. The highest BCUT2D eigenvalue weighted by Gasteiger charge is 2.41. The topological polar surface area (TPSA) is 80.5 Å². The zero-order valence-corrected chi connectivity index (χ0v) is 23.9. The third kappa shape index (κ3) is 6.07. The molecule has 1 aliphatic heterocycles. The second-order valence-electron chi connectivity index (χ2n) is 11.1. The molecule has 0 unspecified atom stereocenters. The minimum atomic E-state index is -4.93. The average Bonchev–Trinajstić information content (AvgIpc) is 3.45. The molecule has 220 valence electrons. The lowest BCUT2D eigenvalue weighted by atomic mass is 9.88. The maximum absolute atomic E-state index is 13.7. The number of aryl methyl sites for hydroxylation is 1. The fourth-order valence-electron chi connectivity index (χ4n) is 5.65. The number of halogens is 3. The maximum Gasteiger partial charge on any atom is 0.434 e. The number of piperidine rings is 1. The van der Waals surface area contributed by atoms with Crippen molar-refractivity contribution in [3.8, 4) is 22.1 Å². The summed E-state index contributed by atoms with van der Waals surface area (Å²) >= 11 is 1.40. The van der Waals surface area contributed by atoms with Gasteiger partial charge in [0.25, 0.3) is 0 Å². The summed E-state index contributed by atoms with van der Waals surface area (Å²) in [5, 5.41) is 14.8. The number of benzene rings is 1. The fraction of sp³-hybridized carbons (Fsp3) is 0.387. The SMILES string of the molecule is Cc1cc(C2CCN(CC3CC3)CC2)ccc1OCc1ccsc1-c1cccc(-n2ncc(C(=O)O)c2C(F)(F)F)n1. The number of alkyl halides is 3. The summed E-state index contributed by atoms with van der Waals surface area (Å²) in [6.07, 6.45) is 0.897.